The number of methoxy groups -OCH3 is 1. The van der Waals surface area contributed by atoms with Crippen LogP contribution in [-0.2, 0) is 16.1 Å². The van der Waals surface area contributed by atoms with E-state index in [1.807, 2.05) is 42.7 Å². The smallest absolute Gasteiger partial charge is 0.328 e. The lowest BCUT2D eigenvalue weighted by atomic mass is 10.0. The van der Waals surface area contributed by atoms with E-state index >= 15 is 0 Å². The number of aromatic nitrogens is 1. The summed E-state index contributed by atoms with van der Waals surface area (Å²) in [7, 11) is 1.30. The Bertz CT molecular complexity index is 993. The van der Waals surface area contributed by atoms with Crippen LogP contribution in [0.2, 0.25) is 0 Å². The Morgan fingerprint density at radius 3 is 2.43 bits per heavy atom. The van der Waals surface area contributed by atoms with Gasteiger partial charge in [0.25, 0.3) is 5.91 Å². The van der Waals surface area contributed by atoms with Gasteiger partial charge in [-0.3, -0.25) is 4.79 Å². The Kier molecular flexibility index (Phi) is 5.78. The maximum absolute atomic E-state index is 13.2. The van der Waals surface area contributed by atoms with E-state index in [1.165, 1.54) is 19.2 Å². The topological polar surface area (TPSA) is 60.3 Å². The number of carbonyl (C=O) groups is 2. The Balaban J connectivity index is 1.94. The minimum Gasteiger partial charge on any atom is -0.467 e. The summed E-state index contributed by atoms with van der Waals surface area (Å²) in [4.78, 5) is 24.9. The number of esters is 1. The van der Waals surface area contributed by atoms with Crippen LogP contribution in [0, 0.1) is 11.7 Å². The number of amides is 1. The van der Waals surface area contributed by atoms with Crippen molar-refractivity contribution in [2.45, 2.75) is 26.4 Å². The van der Waals surface area contributed by atoms with Crippen molar-refractivity contribution in [2.24, 2.45) is 5.92 Å². The van der Waals surface area contributed by atoms with E-state index < -0.39 is 12.0 Å². The minimum absolute atomic E-state index is 0.107. The van der Waals surface area contributed by atoms with Crippen LogP contribution < -0.4 is 5.32 Å². The molecule has 5 nitrogen and oxygen atoms in total. The van der Waals surface area contributed by atoms with Crippen molar-refractivity contribution in [3.05, 3.63) is 71.7 Å². The Hall–Kier alpha value is -3.15. The minimum atomic E-state index is -0.725. The van der Waals surface area contributed by atoms with Gasteiger partial charge in [0.05, 0.1) is 12.7 Å². The molecule has 1 heterocycles. The highest BCUT2D eigenvalue weighted by Gasteiger charge is 2.26. The van der Waals surface area contributed by atoms with Gasteiger partial charge in [0.15, 0.2) is 0 Å². The Morgan fingerprint density at radius 2 is 1.79 bits per heavy atom. The zero-order chi connectivity index (χ0) is 20.3. The molecule has 0 aliphatic heterocycles. The summed E-state index contributed by atoms with van der Waals surface area (Å²) in [5.74, 6) is -1.20. The number of para-hydroxylation sites is 1. The molecule has 3 rings (SSSR count). The van der Waals surface area contributed by atoms with Gasteiger partial charge >= 0.3 is 5.97 Å². The van der Waals surface area contributed by atoms with Crippen LogP contribution in [0.1, 0.15) is 29.8 Å². The van der Waals surface area contributed by atoms with Crippen LogP contribution in [0.3, 0.4) is 0 Å². The fourth-order valence-corrected chi connectivity index (χ4v) is 3.19. The van der Waals surface area contributed by atoms with Crippen molar-refractivity contribution >= 4 is 22.8 Å². The van der Waals surface area contributed by atoms with Crippen LogP contribution in [-0.4, -0.2) is 29.6 Å². The highest BCUT2D eigenvalue weighted by atomic mass is 19.1. The second-order valence-corrected chi connectivity index (χ2v) is 7.03. The number of halogens is 1. The van der Waals surface area contributed by atoms with Gasteiger partial charge in [-0.2, -0.15) is 0 Å². The summed E-state index contributed by atoms with van der Waals surface area (Å²) < 4.78 is 19.9. The third kappa shape index (κ3) is 4.06. The molecule has 1 N–H and O–H groups in total. The molecule has 1 amide bonds. The van der Waals surface area contributed by atoms with Crippen molar-refractivity contribution in [2.75, 3.05) is 7.11 Å². The molecule has 0 saturated heterocycles. The predicted octanol–water partition coefficient (Wildman–Crippen LogP) is 3.76. The number of hydrogen-bond acceptors (Lipinski definition) is 3. The van der Waals surface area contributed by atoms with Crippen molar-refractivity contribution < 1.29 is 18.7 Å². The summed E-state index contributed by atoms with van der Waals surface area (Å²) >= 11 is 0. The molecule has 1 aromatic heterocycles. The molecule has 0 fully saturated rings. The first-order valence-corrected chi connectivity index (χ1v) is 9.11. The highest BCUT2D eigenvalue weighted by molar-refractivity contribution is 6.08. The fourth-order valence-electron chi connectivity index (χ4n) is 3.19. The van der Waals surface area contributed by atoms with Gasteiger partial charge in [-0.1, -0.05) is 44.2 Å². The number of rotatable bonds is 6. The Labute approximate surface area is 163 Å². The number of hydrogen-bond donors (Lipinski definition) is 1. The van der Waals surface area contributed by atoms with E-state index in [9.17, 15) is 14.0 Å². The highest BCUT2D eigenvalue weighted by Crippen LogP contribution is 2.23. The summed E-state index contributed by atoms with van der Waals surface area (Å²) in [5, 5.41) is 3.57. The lowest BCUT2D eigenvalue weighted by Crippen LogP contribution is -2.45. The van der Waals surface area contributed by atoms with E-state index in [2.05, 4.69) is 5.32 Å². The largest absolute Gasteiger partial charge is 0.467 e. The summed E-state index contributed by atoms with van der Waals surface area (Å²) in [5.41, 5.74) is 2.28. The van der Waals surface area contributed by atoms with Crippen molar-refractivity contribution in [1.29, 1.82) is 0 Å². The molecule has 0 radical (unpaired) electrons. The molecule has 2 aromatic carbocycles. The molecule has 6 heteroatoms. The first-order chi connectivity index (χ1) is 13.4. The second-order valence-electron chi connectivity index (χ2n) is 7.03. The SMILES string of the molecule is COC(=O)[C@@H](NC(=O)c1cn(Cc2ccc(F)cc2)c2ccccc12)C(C)C. The summed E-state index contributed by atoms with van der Waals surface area (Å²) in [6.45, 7) is 4.19. The number of carbonyl (C=O) groups excluding carboxylic acids is 2. The molecule has 146 valence electrons. The zero-order valence-corrected chi connectivity index (χ0v) is 16.1. The van der Waals surface area contributed by atoms with Gasteiger partial charge in [-0.15, -0.1) is 0 Å². The molecule has 0 unspecified atom stereocenters. The van der Waals surface area contributed by atoms with Gasteiger partial charge in [0, 0.05) is 23.6 Å². The van der Waals surface area contributed by atoms with Crippen molar-refractivity contribution in [3.63, 3.8) is 0 Å². The van der Waals surface area contributed by atoms with Gasteiger partial charge in [0.1, 0.15) is 11.9 Å². The molecule has 0 spiro atoms. The molecule has 0 aliphatic rings. The first kappa shape index (κ1) is 19.6. The van der Waals surface area contributed by atoms with Crippen LogP contribution in [0.5, 0.6) is 0 Å². The maximum atomic E-state index is 13.2. The molecule has 3 aromatic rings. The average molecular weight is 382 g/mol. The Morgan fingerprint density at radius 1 is 1.11 bits per heavy atom. The molecular weight excluding hydrogens is 359 g/mol. The molecule has 0 saturated carbocycles. The normalized spacial score (nSPS) is 12.2. The van der Waals surface area contributed by atoms with Crippen LogP contribution >= 0.6 is 0 Å². The predicted molar refractivity (Wildman–Crippen MR) is 106 cm³/mol. The lowest BCUT2D eigenvalue weighted by Gasteiger charge is -2.19. The average Bonchev–Trinajstić information content (AvgIpc) is 3.05. The molecule has 0 aliphatic carbocycles. The van der Waals surface area contributed by atoms with E-state index in [1.54, 1.807) is 18.3 Å². The number of benzene rings is 2. The molecule has 28 heavy (non-hydrogen) atoms. The van der Waals surface area contributed by atoms with Crippen molar-refractivity contribution in [3.8, 4) is 0 Å². The quantitative estimate of drug-likeness (QED) is 0.661. The number of nitrogens with one attached hydrogen (secondary N) is 1. The van der Waals surface area contributed by atoms with Crippen LogP contribution in [0.25, 0.3) is 10.9 Å². The van der Waals surface area contributed by atoms with E-state index in [0.29, 0.717) is 12.1 Å². The van der Waals surface area contributed by atoms with E-state index in [4.69, 9.17) is 4.74 Å². The summed E-state index contributed by atoms with van der Waals surface area (Å²) in [6, 6.07) is 13.1. The number of nitrogens with zero attached hydrogens (tertiary/aromatic N) is 1. The van der Waals surface area contributed by atoms with Gasteiger partial charge in [0.2, 0.25) is 0 Å². The van der Waals surface area contributed by atoms with Crippen LogP contribution in [0.15, 0.2) is 54.7 Å². The number of ether oxygens (including phenoxy) is 1. The summed E-state index contributed by atoms with van der Waals surface area (Å²) in [6.07, 6.45) is 1.76. The maximum Gasteiger partial charge on any atom is 0.328 e. The van der Waals surface area contributed by atoms with E-state index in [-0.39, 0.29) is 17.6 Å². The van der Waals surface area contributed by atoms with Gasteiger partial charge in [-0.25, -0.2) is 9.18 Å². The molecule has 0 bridgehead atoms. The van der Waals surface area contributed by atoms with Gasteiger partial charge in [-0.05, 0) is 29.7 Å². The lowest BCUT2D eigenvalue weighted by molar-refractivity contribution is -0.144. The monoisotopic (exact) mass is 382 g/mol. The van der Waals surface area contributed by atoms with Crippen LogP contribution in [0.4, 0.5) is 4.39 Å². The standard InChI is InChI=1S/C22H23FN2O3/c1-14(2)20(22(27)28-3)24-21(26)18-13-25(19-7-5-4-6-17(18)19)12-15-8-10-16(23)11-9-15/h4-11,13-14,20H,12H2,1-3H3,(H,24,26)/t20-/m0/s1. The molecular formula is C22H23FN2O3. The van der Waals surface area contributed by atoms with Crippen molar-refractivity contribution in [1.82, 2.24) is 9.88 Å². The third-order valence-electron chi connectivity index (χ3n) is 4.71. The second kappa shape index (κ2) is 8.25. The zero-order valence-electron chi connectivity index (χ0n) is 16.1. The van der Waals surface area contributed by atoms with Gasteiger partial charge < -0.3 is 14.6 Å². The first-order valence-electron chi connectivity index (χ1n) is 9.11. The third-order valence-corrected chi connectivity index (χ3v) is 4.71. The fraction of sp³-hybridized carbons (Fsp3) is 0.273. The van der Waals surface area contributed by atoms with E-state index in [0.717, 1.165) is 16.5 Å². The number of fused-ring (bicyclic) bond motifs is 1. The molecule has 1 atom stereocenters.